The van der Waals surface area contributed by atoms with Gasteiger partial charge < -0.3 is 10.1 Å². The van der Waals surface area contributed by atoms with Crippen LogP contribution in [0.25, 0.3) is 0 Å². The predicted octanol–water partition coefficient (Wildman–Crippen LogP) is 4.03. The van der Waals surface area contributed by atoms with Crippen LogP contribution in [0.15, 0.2) is 48.5 Å². The van der Waals surface area contributed by atoms with Gasteiger partial charge in [-0.05, 0) is 48.6 Å². The Labute approximate surface area is 142 Å². The molecule has 0 bridgehead atoms. The van der Waals surface area contributed by atoms with Crippen molar-refractivity contribution >= 4 is 17.5 Å². The smallest absolute Gasteiger partial charge is 0.257 e. The second kappa shape index (κ2) is 9.21. The molecular formula is C19H22ClNO2. The molecule has 0 saturated heterocycles. The molecule has 2 rings (SSSR count). The van der Waals surface area contributed by atoms with Crippen molar-refractivity contribution in [2.75, 3.05) is 13.2 Å². The highest BCUT2D eigenvalue weighted by molar-refractivity contribution is 6.31. The van der Waals surface area contributed by atoms with E-state index in [9.17, 15) is 4.79 Å². The Bertz CT molecular complexity index is 626. The molecule has 0 radical (unpaired) electrons. The number of halogens is 1. The van der Waals surface area contributed by atoms with Crippen LogP contribution in [-0.4, -0.2) is 19.1 Å². The first-order valence-corrected chi connectivity index (χ1v) is 8.28. The molecule has 122 valence electrons. The van der Waals surface area contributed by atoms with Crippen molar-refractivity contribution in [2.24, 2.45) is 0 Å². The van der Waals surface area contributed by atoms with Gasteiger partial charge in [0.05, 0.1) is 0 Å². The summed E-state index contributed by atoms with van der Waals surface area (Å²) in [5.41, 5.74) is 2.36. The molecule has 0 aliphatic carbocycles. The molecule has 0 atom stereocenters. The van der Waals surface area contributed by atoms with Crippen molar-refractivity contribution in [2.45, 2.75) is 26.2 Å². The zero-order valence-electron chi connectivity index (χ0n) is 13.3. The van der Waals surface area contributed by atoms with Gasteiger partial charge in [-0.25, -0.2) is 0 Å². The van der Waals surface area contributed by atoms with E-state index in [1.807, 2.05) is 48.5 Å². The maximum absolute atomic E-state index is 11.8. The molecule has 0 aliphatic heterocycles. The monoisotopic (exact) mass is 331 g/mol. The third-order valence-corrected chi connectivity index (χ3v) is 3.97. The number of hydrogen-bond acceptors (Lipinski definition) is 2. The highest BCUT2D eigenvalue weighted by Crippen LogP contribution is 2.16. The van der Waals surface area contributed by atoms with Gasteiger partial charge in [-0.15, -0.1) is 0 Å². The summed E-state index contributed by atoms with van der Waals surface area (Å²) < 4.78 is 5.47. The van der Waals surface area contributed by atoms with Gasteiger partial charge in [0.25, 0.3) is 5.91 Å². The largest absolute Gasteiger partial charge is 0.484 e. The fourth-order valence-electron chi connectivity index (χ4n) is 2.23. The van der Waals surface area contributed by atoms with E-state index in [2.05, 4.69) is 12.2 Å². The maximum Gasteiger partial charge on any atom is 0.257 e. The number of hydrogen-bond donors (Lipinski definition) is 1. The average molecular weight is 332 g/mol. The quantitative estimate of drug-likeness (QED) is 0.742. The highest BCUT2D eigenvalue weighted by Gasteiger charge is 2.03. The lowest BCUT2D eigenvalue weighted by Crippen LogP contribution is -2.29. The van der Waals surface area contributed by atoms with Crippen molar-refractivity contribution in [1.29, 1.82) is 0 Å². The lowest BCUT2D eigenvalue weighted by molar-refractivity contribution is -0.123. The zero-order valence-corrected chi connectivity index (χ0v) is 14.1. The lowest BCUT2D eigenvalue weighted by Gasteiger charge is -2.08. The fourth-order valence-corrected chi connectivity index (χ4v) is 2.46. The molecule has 0 aliphatic rings. The van der Waals surface area contributed by atoms with Gasteiger partial charge >= 0.3 is 0 Å². The zero-order chi connectivity index (χ0) is 16.5. The Balaban J connectivity index is 1.64. The van der Waals surface area contributed by atoms with Crippen molar-refractivity contribution in [3.05, 3.63) is 64.7 Å². The summed E-state index contributed by atoms with van der Waals surface area (Å²) >= 11 is 6.10. The summed E-state index contributed by atoms with van der Waals surface area (Å²) in [6.07, 6.45) is 2.69. The molecule has 1 N–H and O–H groups in total. The predicted molar refractivity (Wildman–Crippen MR) is 94.1 cm³/mol. The van der Waals surface area contributed by atoms with Crippen LogP contribution in [0.2, 0.25) is 5.02 Å². The molecule has 2 aromatic carbocycles. The van der Waals surface area contributed by atoms with E-state index in [4.69, 9.17) is 16.3 Å². The molecule has 0 fully saturated rings. The van der Waals surface area contributed by atoms with Crippen molar-refractivity contribution in [3.8, 4) is 5.75 Å². The van der Waals surface area contributed by atoms with Crippen molar-refractivity contribution < 1.29 is 9.53 Å². The number of rotatable bonds is 8. The number of nitrogens with one attached hydrogen (secondary N) is 1. The Morgan fingerprint density at radius 3 is 2.57 bits per heavy atom. The first kappa shape index (κ1) is 17.4. The third kappa shape index (κ3) is 5.95. The summed E-state index contributed by atoms with van der Waals surface area (Å²) in [6.45, 7) is 2.76. The van der Waals surface area contributed by atoms with Gasteiger partial charge in [-0.1, -0.05) is 48.9 Å². The first-order valence-electron chi connectivity index (χ1n) is 7.91. The van der Waals surface area contributed by atoms with Gasteiger partial charge in [-0.2, -0.15) is 0 Å². The van der Waals surface area contributed by atoms with Crippen LogP contribution in [0.3, 0.4) is 0 Å². The topological polar surface area (TPSA) is 38.3 Å². The Hall–Kier alpha value is -2.00. The van der Waals surface area contributed by atoms with Gasteiger partial charge in [-0.3, -0.25) is 4.79 Å². The minimum Gasteiger partial charge on any atom is -0.484 e. The van der Waals surface area contributed by atoms with Crippen molar-refractivity contribution in [3.63, 3.8) is 0 Å². The second-order valence-corrected chi connectivity index (χ2v) is 5.74. The summed E-state index contributed by atoms with van der Waals surface area (Å²) in [7, 11) is 0. The lowest BCUT2D eigenvalue weighted by atomic mass is 10.1. The van der Waals surface area contributed by atoms with E-state index < -0.39 is 0 Å². The molecule has 1 amide bonds. The first-order chi connectivity index (χ1) is 11.2. The molecule has 0 aromatic heterocycles. The van der Waals surface area contributed by atoms with Crippen LogP contribution in [0.4, 0.5) is 0 Å². The van der Waals surface area contributed by atoms with Gasteiger partial charge in [0, 0.05) is 11.6 Å². The standard InChI is InChI=1S/C19H22ClNO2/c1-2-15-9-11-17(12-10-15)23-14-19(22)21-13-5-7-16-6-3-4-8-18(16)20/h3-4,6,8-12H,2,5,7,13-14H2,1H3,(H,21,22). The maximum atomic E-state index is 11.8. The van der Waals surface area contributed by atoms with E-state index >= 15 is 0 Å². The minimum atomic E-state index is -0.108. The number of aryl methyl sites for hydroxylation is 2. The number of benzene rings is 2. The minimum absolute atomic E-state index is 0.0393. The van der Waals surface area contributed by atoms with E-state index in [0.29, 0.717) is 12.3 Å². The summed E-state index contributed by atoms with van der Waals surface area (Å²) in [4.78, 5) is 11.8. The Morgan fingerprint density at radius 1 is 1.13 bits per heavy atom. The van der Waals surface area contributed by atoms with E-state index in [1.165, 1.54) is 5.56 Å². The van der Waals surface area contributed by atoms with Gasteiger partial charge in [0.1, 0.15) is 5.75 Å². The molecular weight excluding hydrogens is 310 g/mol. The molecule has 3 nitrogen and oxygen atoms in total. The second-order valence-electron chi connectivity index (χ2n) is 5.33. The molecule has 23 heavy (non-hydrogen) atoms. The van der Waals surface area contributed by atoms with Crippen LogP contribution in [0.1, 0.15) is 24.5 Å². The molecule has 0 heterocycles. The third-order valence-electron chi connectivity index (χ3n) is 3.60. The molecule has 0 unspecified atom stereocenters. The number of carbonyl (C=O) groups is 1. The number of carbonyl (C=O) groups excluding carboxylic acids is 1. The van der Waals surface area contributed by atoms with Gasteiger partial charge in [0.2, 0.25) is 0 Å². The molecule has 2 aromatic rings. The molecule has 4 heteroatoms. The highest BCUT2D eigenvalue weighted by atomic mass is 35.5. The molecule has 0 spiro atoms. The Morgan fingerprint density at radius 2 is 1.87 bits per heavy atom. The SMILES string of the molecule is CCc1ccc(OCC(=O)NCCCc2ccccc2Cl)cc1. The summed E-state index contributed by atoms with van der Waals surface area (Å²) in [5, 5.41) is 3.63. The summed E-state index contributed by atoms with van der Waals surface area (Å²) in [6, 6.07) is 15.6. The van der Waals surface area contributed by atoms with Crippen LogP contribution >= 0.6 is 11.6 Å². The Kier molecular flexibility index (Phi) is 6.95. The van der Waals surface area contributed by atoms with E-state index in [0.717, 1.165) is 29.8 Å². The normalized spacial score (nSPS) is 10.3. The van der Waals surface area contributed by atoms with Crippen LogP contribution < -0.4 is 10.1 Å². The van der Waals surface area contributed by atoms with E-state index in [-0.39, 0.29) is 12.5 Å². The van der Waals surface area contributed by atoms with Crippen LogP contribution in [0, 0.1) is 0 Å². The van der Waals surface area contributed by atoms with Crippen LogP contribution in [0.5, 0.6) is 5.75 Å². The fraction of sp³-hybridized carbons (Fsp3) is 0.316. The number of ether oxygens (including phenoxy) is 1. The van der Waals surface area contributed by atoms with Gasteiger partial charge in [0.15, 0.2) is 6.61 Å². The molecule has 0 saturated carbocycles. The average Bonchev–Trinajstić information content (AvgIpc) is 2.59. The number of amides is 1. The van der Waals surface area contributed by atoms with Crippen molar-refractivity contribution in [1.82, 2.24) is 5.32 Å². The van der Waals surface area contributed by atoms with E-state index in [1.54, 1.807) is 0 Å². The summed E-state index contributed by atoms with van der Waals surface area (Å²) in [5.74, 6) is 0.608. The van der Waals surface area contributed by atoms with Crippen LogP contribution in [-0.2, 0) is 17.6 Å².